The highest BCUT2D eigenvalue weighted by molar-refractivity contribution is 5.94. The highest BCUT2D eigenvalue weighted by Crippen LogP contribution is 2.29. The lowest BCUT2D eigenvalue weighted by Crippen LogP contribution is -2.39. The standard InChI is InChI=1S/C21H22N4O/c1-16-6-2-3-10-20(16)18-8-5-11-24(13-18)21(26)17-7-4-9-19(12-17)25-14-22-23-15-25/h2-4,6-7,9-10,12,14-15,18H,5,8,11,13H2,1H3/t18-/m1/s1. The number of rotatable bonds is 3. The number of amides is 1. The van der Waals surface area contributed by atoms with Crippen LogP contribution in [0.5, 0.6) is 0 Å². The van der Waals surface area contributed by atoms with Crippen LogP contribution in [-0.4, -0.2) is 38.7 Å². The smallest absolute Gasteiger partial charge is 0.253 e. The SMILES string of the molecule is Cc1ccccc1[C@@H]1CCCN(C(=O)c2cccc(-n3cnnc3)c2)C1. The van der Waals surface area contributed by atoms with Crippen molar-refractivity contribution in [3.05, 3.63) is 77.9 Å². The maximum Gasteiger partial charge on any atom is 0.253 e. The van der Waals surface area contributed by atoms with Crippen molar-refractivity contribution in [2.24, 2.45) is 0 Å². The maximum absolute atomic E-state index is 13.1. The number of likely N-dealkylation sites (tertiary alicyclic amines) is 1. The van der Waals surface area contributed by atoms with Crippen molar-refractivity contribution in [1.82, 2.24) is 19.7 Å². The van der Waals surface area contributed by atoms with Gasteiger partial charge in [0.2, 0.25) is 0 Å². The Hall–Kier alpha value is -2.95. The second kappa shape index (κ2) is 7.12. The van der Waals surface area contributed by atoms with Gasteiger partial charge in [0.1, 0.15) is 12.7 Å². The summed E-state index contributed by atoms with van der Waals surface area (Å²) in [5, 5.41) is 7.66. The summed E-state index contributed by atoms with van der Waals surface area (Å²) in [7, 11) is 0. The molecule has 2 heterocycles. The van der Waals surface area contributed by atoms with Gasteiger partial charge in [-0.3, -0.25) is 9.36 Å². The first kappa shape index (κ1) is 16.5. The van der Waals surface area contributed by atoms with Crippen molar-refractivity contribution in [3.63, 3.8) is 0 Å². The van der Waals surface area contributed by atoms with Gasteiger partial charge in [0.25, 0.3) is 5.91 Å². The zero-order valence-corrected chi connectivity index (χ0v) is 14.9. The summed E-state index contributed by atoms with van der Waals surface area (Å²) in [5.74, 6) is 0.508. The van der Waals surface area contributed by atoms with Crippen molar-refractivity contribution in [1.29, 1.82) is 0 Å². The van der Waals surface area contributed by atoms with E-state index in [0.29, 0.717) is 11.5 Å². The van der Waals surface area contributed by atoms with Gasteiger partial charge in [-0.1, -0.05) is 30.3 Å². The molecular weight excluding hydrogens is 324 g/mol. The molecule has 5 nitrogen and oxygen atoms in total. The lowest BCUT2D eigenvalue weighted by atomic mass is 9.88. The number of aromatic nitrogens is 3. The summed E-state index contributed by atoms with van der Waals surface area (Å²) in [5.41, 5.74) is 4.28. The van der Waals surface area contributed by atoms with E-state index in [0.717, 1.165) is 31.6 Å². The molecular formula is C21H22N4O. The summed E-state index contributed by atoms with van der Waals surface area (Å²) in [6.07, 6.45) is 5.45. The van der Waals surface area contributed by atoms with Gasteiger partial charge in [-0.2, -0.15) is 0 Å². The first-order chi connectivity index (χ1) is 12.7. The molecule has 0 aliphatic carbocycles. The zero-order valence-electron chi connectivity index (χ0n) is 14.9. The molecule has 1 aliphatic heterocycles. The second-order valence-corrected chi connectivity index (χ2v) is 6.87. The van der Waals surface area contributed by atoms with Gasteiger partial charge in [0, 0.05) is 30.3 Å². The molecule has 1 amide bonds. The van der Waals surface area contributed by atoms with Crippen molar-refractivity contribution >= 4 is 5.91 Å². The molecule has 0 radical (unpaired) electrons. The largest absolute Gasteiger partial charge is 0.338 e. The maximum atomic E-state index is 13.1. The van der Waals surface area contributed by atoms with Gasteiger partial charge in [-0.25, -0.2) is 0 Å². The Morgan fingerprint density at radius 3 is 2.69 bits per heavy atom. The molecule has 5 heteroatoms. The third-order valence-electron chi connectivity index (χ3n) is 5.15. The fourth-order valence-corrected chi connectivity index (χ4v) is 3.78. The topological polar surface area (TPSA) is 51.0 Å². The van der Waals surface area contributed by atoms with Crippen LogP contribution < -0.4 is 0 Å². The summed E-state index contributed by atoms with van der Waals surface area (Å²) < 4.78 is 1.81. The number of nitrogens with zero attached hydrogens (tertiary/aromatic N) is 4. The molecule has 2 aromatic carbocycles. The van der Waals surface area contributed by atoms with Crippen LogP contribution >= 0.6 is 0 Å². The van der Waals surface area contributed by atoms with Crippen molar-refractivity contribution in [3.8, 4) is 5.69 Å². The average Bonchev–Trinajstić information content (AvgIpc) is 3.23. The van der Waals surface area contributed by atoms with E-state index in [4.69, 9.17) is 0 Å². The van der Waals surface area contributed by atoms with E-state index >= 15 is 0 Å². The molecule has 0 bridgehead atoms. The average molecular weight is 346 g/mol. The van der Waals surface area contributed by atoms with Gasteiger partial charge in [-0.05, 0) is 49.1 Å². The van der Waals surface area contributed by atoms with Gasteiger partial charge in [0.15, 0.2) is 0 Å². The van der Waals surface area contributed by atoms with Crippen molar-refractivity contribution in [2.75, 3.05) is 13.1 Å². The Morgan fingerprint density at radius 1 is 1.08 bits per heavy atom. The van der Waals surface area contributed by atoms with E-state index in [1.165, 1.54) is 11.1 Å². The minimum atomic E-state index is 0.0956. The number of hydrogen-bond donors (Lipinski definition) is 0. The number of carbonyl (C=O) groups is 1. The number of carbonyl (C=O) groups excluding carboxylic acids is 1. The van der Waals surface area contributed by atoms with E-state index in [-0.39, 0.29) is 5.91 Å². The third kappa shape index (κ3) is 3.25. The van der Waals surface area contributed by atoms with Crippen LogP contribution in [0.3, 0.4) is 0 Å². The molecule has 0 saturated carbocycles. The molecule has 1 atom stereocenters. The normalized spacial score (nSPS) is 17.3. The Bertz CT molecular complexity index is 904. The molecule has 0 unspecified atom stereocenters. The predicted molar refractivity (Wildman–Crippen MR) is 100 cm³/mol. The molecule has 1 aliphatic rings. The lowest BCUT2D eigenvalue weighted by molar-refractivity contribution is 0.0707. The van der Waals surface area contributed by atoms with Crippen molar-refractivity contribution in [2.45, 2.75) is 25.7 Å². The quantitative estimate of drug-likeness (QED) is 0.728. The van der Waals surface area contributed by atoms with Gasteiger partial charge < -0.3 is 4.90 Å². The molecule has 0 N–H and O–H groups in total. The molecule has 132 valence electrons. The molecule has 1 fully saturated rings. The van der Waals surface area contributed by atoms with E-state index in [9.17, 15) is 4.79 Å². The molecule has 0 spiro atoms. The van der Waals surface area contributed by atoms with Crippen LogP contribution in [0.15, 0.2) is 61.2 Å². The van der Waals surface area contributed by atoms with E-state index in [1.807, 2.05) is 33.7 Å². The van der Waals surface area contributed by atoms with Crippen LogP contribution in [0.25, 0.3) is 5.69 Å². The fourth-order valence-electron chi connectivity index (χ4n) is 3.78. The molecule has 1 saturated heterocycles. The summed E-state index contributed by atoms with van der Waals surface area (Å²) >= 11 is 0. The van der Waals surface area contributed by atoms with Crippen LogP contribution in [-0.2, 0) is 0 Å². The van der Waals surface area contributed by atoms with Gasteiger partial charge in [0.05, 0.1) is 0 Å². The third-order valence-corrected chi connectivity index (χ3v) is 5.15. The van der Waals surface area contributed by atoms with E-state index in [2.05, 4.69) is 41.4 Å². The number of benzene rings is 2. The Morgan fingerprint density at radius 2 is 1.88 bits per heavy atom. The van der Waals surface area contributed by atoms with Gasteiger partial charge in [-0.15, -0.1) is 10.2 Å². The number of piperidine rings is 1. The van der Waals surface area contributed by atoms with Crippen LogP contribution in [0.4, 0.5) is 0 Å². The molecule has 4 rings (SSSR count). The monoisotopic (exact) mass is 346 g/mol. The Labute approximate surface area is 153 Å². The summed E-state index contributed by atoms with van der Waals surface area (Å²) in [6.45, 7) is 3.75. The number of aryl methyl sites for hydroxylation is 1. The zero-order chi connectivity index (χ0) is 17.9. The van der Waals surface area contributed by atoms with Crippen LogP contribution in [0, 0.1) is 6.92 Å². The first-order valence-corrected chi connectivity index (χ1v) is 9.02. The van der Waals surface area contributed by atoms with Crippen LogP contribution in [0.2, 0.25) is 0 Å². The minimum Gasteiger partial charge on any atom is -0.338 e. The van der Waals surface area contributed by atoms with Crippen LogP contribution in [0.1, 0.15) is 40.2 Å². The first-order valence-electron chi connectivity index (χ1n) is 9.02. The second-order valence-electron chi connectivity index (χ2n) is 6.87. The molecule has 3 aromatic rings. The fraction of sp³-hybridized carbons (Fsp3) is 0.286. The highest BCUT2D eigenvalue weighted by Gasteiger charge is 2.26. The Kier molecular flexibility index (Phi) is 4.52. The minimum absolute atomic E-state index is 0.0956. The van der Waals surface area contributed by atoms with E-state index in [1.54, 1.807) is 12.7 Å². The summed E-state index contributed by atoms with van der Waals surface area (Å²) in [4.78, 5) is 15.1. The Balaban J connectivity index is 1.55. The van der Waals surface area contributed by atoms with Gasteiger partial charge >= 0.3 is 0 Å². The molecule has 1 aromatic heterocycles. The summed E-state index contributed by atoms with van der Waals surface area (Å²) in [6, 6.07) is 16.2. The highest BCUT2D eigenvalue weighted by atomic mass is 16.2. The van der Waals surface area contributed by atoms with E-state index < -0.39 is 0 Å². The lowest BCUT2D eigenvalue weighted by Gasteiger charge is -2.33. The van der Waals surface area contributed by atoms with Crippen molar-refractivity contribution < 1.29 is 4.79 Å². The predicted octanol–water partition coefficient (Wildman–Crippen LogP) is 3.60. The number of hydrogen-bond acceptors (Lipinski definition) is 3. The molecule has 26 heavy (non-hydrogen) atoms.